The van der Waals surface area contributed by atoms with Crippen LogP contribution in [-0.2, 0) is 4.74 Å². The van der Waals surface area contributed by atoms with E-state index >= 15 is 0 Å². The highest BCUT2D eigenvalue weighted by atomic mass is 16.5. The summed E-state index contributed by atoms with van der Waals surface area (Å²) in [5.74, 6) is 0.705. The molecule has 0 aliphatic carbocycles. The van der Waals surface area contributed by atoms with Gasteiger partial charge in [0.15, 0.2) is 0 Å². The van der Waals surface area contributed by atoms with E-state index in [0.717, 1.165) is 32.6 Å². The van der Waals surface area contributed by atoms with E-state index in [0.29, 0.717) is 12.0 Å². The normalized spacial score (nSPS) is 24.4. The highest BCUT2D eigenvalue weighted by molar-refractivity contribution is 4.77. The molecule has 0 aromatic heterocycles. The van der Waals surface area contributed by atoms with Gasteiger partial charge in [-0.15, -0.1) is 0 Å². The summed E-state index contributed by atoms with van der Waals surface area (Å²) in [5, 5.41) is 3.56. The van der Waals surface area contributed by atoms with E-state index in [1.54, 1.807) is 0 Å². The average Bonchev–Trinajstić information content (AvgIpc) is 2.63. The number of rotatable bonds is 6. The summed E-state index contributed by atoms with van der Waals surface area (Å²) in [5.41, 5.74) is 5.90. The molecule has 1 rings (SSSR count). The summed E-state index contributed by atoms with van der Waals surface area (Å²) in [6.07, 6.45) is 3.44. The SMILES string of the molecule is CC(NCCCC(C)(C)N)C1CCOC1. The summed E-state index contributed by atoms with van der Waals surface area (Å²) < 4.78 is 5.38. The zero-order valence-electron chi connectivity index (χ0n) is 10.4. The molecule has 15 heavy (non-hydrogen) atoms. The van der Waals surface area contributed by atoms with Crippen molar-refractivity contribution in [2.45, 2.75) is 51.6 Å². The molecule has 2 unspecified atom stereocenters. The van der Waals surface area contributed by atoms with E-state index in [1.807, 2.05) is 0 Å². The Morgan fingerprint density at radius 2 is 2.27 bits per heavy atom. The van der Waals surface area contributed by atoms with Crippen molar-refractivity contribution in [2.24, 2.45) is 11.7 Å². The van der Waals surface area contributed by atoms with E-state index in [-0.39, 0.29) is 5.54 Å². The first-order valence-corrected chi connectivity index (χ1v) is 6.09. The van der Waals surface area contributed by atoms with Crippen LogP contribution in [0.1, 0.15) is 40.0 Å². The summed E-state index contributed by atoms with van der Waals surface area (Å²) >= 11 is 0. The van der Waals surface area contributed by atoms with Gasteiger partial charge in [0.25, 0.3) is 0 Å². The zero-order valence-corrected chi connectivity index (χ0v) is 10.4. The fourth-order valence-corrected chi connectivity index (χ4v) is 1.99. The van der Waals surface area contributed by atoms with Gasteiger partial charge in [-0.1, -0.05) is 0 Å². The molecule has 0 aromatic rings. The molecule has 1 heterocycles. The quantitative estimate of drug-likeness (QED) is 0.659. The minimum absolute atomic E-state index is 0.0264. The van der Waals surface area contributed by atoms with Gasteiger partial charge >= 0.3 is 0 Å². The van der Waals surface area contributed by atoms with Crippen LogP contribution in [0.15, 0.2) is 0 Å². The lowest BCUT2D eigenvalue weighted by Crippen LogP contribution is -2.37. The smallest absolute Gasteiger partial charge is 0.0509 e. The molecule has 2 atom stereocenters. The maximum absolute atomic E-state index is 5.93. The number of ether oxygens (including phenoxy) is 1. The van der Waals surface area contributed by atoms with Gasteiger partial charge < -0.3 is 15.8 Å². The first-order valence-electron chi connectivity index (χ1n) is 6.09. The molecule has 1 aliphatic rings. The Hall–Kier alpha value is -0.120. The Kier molecular flexibility index (Phi) is 5.03. The Morgan fingerprint density at radius 1 is 1.53 bits per heavy atom. The Bertz CT molecular complexity index is 171. The maximum atomic E-state index is 5.93. The van der Waals surface area contributed by atoms with Crippen LogP contribution in [0.5, 0.6) is 0 Å². The van der Waals surface area contributed by atoms with Crippen molar-refractivity contribution < 1.29 is 4.74 Å². The monoisotopic (exact) mass is 214 g/mol. The van der Waals surface area contributed by atoms with Crippen molar-refractivity contribution in [3.05, 3.63) is 0 Å². The molecule has 0 spiro atoms. The van der Waals surface area contributed by atoms with Gasteiger partial charge in [-0.25, -0.2) is 0 Å². The molecule has 3 heteroatoms. The minimum Gasteiger partial charge on any atom is -0.381 e. The predicted molar refractivity (Wildman–Crippen MR) is 63.9 cm³/mol. The average molecular weight is 214 g/mol. The lowest BCUT2D eigenvalue weighted by Gasteiger charge is -2.21. The standard InChI is InChI=1S/C12H26N2O/c1-10(11-5-8-15-9-11)14-7-4-6-12(2,3)13/h10-11,14H,4-9,13H2,1-3H3. The Balaban J connectivity index is 2.04. The van der Waals surface area contributed by atoms with Crippen LogP contribution < -0.4 is 11.1 Å². The van der Waals surface area contributed by atoms with Crippen LogP contribution in [-0.4, -0.2) is 31.3 Å². The highest BCUT2D eigenvalue weighted by Crippen LogP contribution is 2.16. The second kappa shape index (κ2) is 5.83. The van der Waals surface area contributed by atoms with Gasteiger partial charge in [0.05, 0.1) is 6.61 Å². The van der Waals surface area contributed by atoms with Crippen LogP contribution in [0, 0.1) is 5.92 Å². The van der Waals surface area contributed by atoms with E-state index < -0.39 is 0 Å². The lowest BCUT2D eigenvalue weighted by atomic mass is 9.98. The molecule has 0 bridgehead atoms. The fraction of sp³-hybridized carbons (Fsp3) is 1.00. The van der Waals surface area contributed by atoms with Gasteiger partial charge in [0.1, 0.15) is 0 Å². The van der Waals surface area contributed by atoms with Crippen molar-refractivity contribution >= 4 is 0 Å². The first-order chi connectivity index (χ1) is 6.99. The van der Waals surface area contributed by atoms with E-state index in [1.165, 1.54) is 6.42 Å². The van der Waals surface area contributed by atoms with Crippen LogP contribution in [0.4, 0.5) is 0 Å². The van der Waals surface area contributed by atoms with Crippen molar-refractivity contribution in [2.75, 3.05) is 19.8 Å². The zero-order chi connectivity index (χ0) is 11.3. The van der Waals surface area contributed by atoms with Gasteiger partial charge in [0, 0.05) is 18.2 Å². The lowest BCUT2D eigenvalue weighted by molar-refractivity contribution is 0.178. The van der Waals surface area contributed by atoms with Crippen LogP contribution >= 0.6 is 0 Å². The third-order valence-corrected chi connectivity index (χ3v) is 3.14. The number of hydrogen-bond acceptors (Lipinski definition) is 3. The highest BCUT2D eigenvalue weighted by Gasteiger charge is 2.21. The molecule has 3 N–H and O–H groups in total. The minimum atomic E-state index is -0.0264. The van der Waals surface area contributed by atoms with Crippen molar-refractivity contribution in [1.82, 2.24) is 5.32 Å². The van der Waals surface area contributed by atoms with Crippen molar-refractivity contribution in [3.63, 3.8) is 0 Å². The maximum Gasteiger partial charge on any atom is 0.0509 e. The van der Waals surface area contributed by atoms with E-state index in [2.05, 4.69) is 26.1 Å². The first kappa shape index (κ1) is 12.9. The molecular formula is C12H26N2O. The van der Waals surface area contributed by atoms with E-state index in [9.17, 15) is 0 Å². The third-order valence-electron chi connectivity index (χ3n) is 3.14. The number of nitrogens with one attached hydrogen (secondary N) is 1. The summed E-state index contributed by atoms with van der Waals surface area (Å²) in [4.78, 5) is 0. The number of hydrogen-bond donors (Lipinski definition) is 2. The molecule has 1 fully saturated rings. The molecule has 3 nitrogen and oxygen atoms in total. The second-order valence-electron chi connectivity index (χ2n) is 5.46. The molecule has 1 aliphatic heterocycles. The molecule has 0 amide bonds. The largest absolute Gasteiger partial charge is 0.381 e. The number of nitrogens with two attached hydrogens (primary N) is 1. The molecule has 0 saturated carbocycles. The van der Waals surface area contributed by atoms with Gasteiger partial charge in [0.2, 0.25) is 0 Å². The fourth-order valence-electron chi connectivity index (χ4n) is 1.99. The van der Waals surface area contributed by atoms with Gasteiger partial charge in [-0.2, -0.15) is 0 Å². The van der Waals surface area contributed by atoms with Crippen LogP contribution in [0.2, 0.25) is 0 Å². The van der Waals surface area contributed by atoms with Crippen LogP contribution in [0.25, 0.3) is 0 Å². The van der Waals surface area contributed by atoms with Crippen molar-refractivity contribution in [3.8, 4) is 0 Å². The molecular weight excluding hydrogens is 188 g/mol. The van der Waals surface area contributed by atoms with Crippen LogP contribution in [0.3, 0.4) is 0 Å². The summed E-state index contributed by atoms with van der Waals surface area (Å²) in [6, 6.07) is 0.577. The topological polar surface area (TPSA) is 47.3 Å². The van der Waals surface area contributed by atoms with E-state index in [4.69, 9.17) is 10.5 Å². The van der Waals surface area contributed by atoms with Gasteiger partial charge in [-0.3, -0.25) is 0 Å². The Labute approximate surface area is 93.8 Å². The second-order valence-corrected chi connectivity index (χ2v) is 5.46. The van der Waals surface area contributed by atoms with Gasteiger partial charge in [-0.05, 0) is 52.5 Å². The third kappa shape index (κ3) is 5.50. The molecule has 0 aromatic carbocycles. The molecule has 90 valence electrons. The summed E-state index contributed by atoms with van der Waals surface area (Å²) in [6.45, 7) is 9.36. The molecule has 0 radical (unpaired) electrons. The Morgan fingerprint density at radius 3 is 2.80 bits per heavy atom. The summed E-state index contributed by atoms with van der Waals surface area (Å²) in [7, 11) is 0. The predicted octanol–water partition coefficient (Wildman–Crippen LogP) is 1.52. The van der Waals surface area contributed by atoms with Crippen molar-refractivity contribution in [1.29, 1.82) is 0 Å². The molecule has 1 saturated heterocycles.